The summed E-state index contributed by atoms with van der Waals surface area (Å²) in [5.74, 6) is 0. The van der Waals surface area contributed by atoms with Gasteiger partial charge in [-0.2, -0.15) is 0 Å². The molecule has 0 amide bonds. The first-order valence-electron chi connectivity index (χ1n) is 6.72. The zero-order chi connectivity index (χ0) is 13.7. The first-order valence-corrected chi connectivity index (χ1v) is 7.10. The van der Waals surface area contributed by atoms with E-state index in [4.69, 9.17) is 11.6 Å². The maximum Gasteiger partial charge on any atom is 0.0455 e. The Balaban J connectivity index is 1.91. The SMILES string of the molecule is Cc1c(Cl)cccc1NC(C)CCc1ccccc1. The van der Waals surface area contributed by atoms with Crippen molar-refractivity contribution in [3.8, 4) is 0 Å². The topological polar surface area (TPSA) is 12.0 Å². The van der Waals surface area contributed by atoms with Gasteiger partial charge in [-0.1, -0.05) is 48.0 Å². The minimum Gasteiger partial charge on any atom is -0.382 e. The van der Waals surface area contributed by atoms with Gasteiger partial charge in [-0.05, 0) is 49.9 Å². The average molecular weight is 274 g/mol. The Morgan fingerprint density at radius 3 is 2.53 bits per heavy atom. The lowest BCUT2D eigenvalue weighted by Crippen LogP contribution is -2.16. The maximum absolute atomic E-state index is 6.13. The molecule has 0 heterocycles. The van der Waals surface area contributed by atoms with Gasteiger partial charge in [-0.15, -0.1) is 0 Å². The van der Waals surface area contributed by atoms with E-state index in [1.807, 2.05) is 12.1 Å². The molecule has 0 spiro atoms. The van der Waals surface area contributed by atoms with Gasteiger partial charge >= 0.3 is 0 Å². The van der Waals surface area contributed by atoms with Crippen molar-refractivity contribution < 1.29 is 0 Å². The maximum atomic E-state index is 6.13. The lowest BCUT2D eigenvalue weighted by molar-refractivity contribution is 0.705. The zero-order valence-electron chi connectivity index (χ0n) is 11.5. The van der Waals surface area contributed by atoms with Crippen molar-refractivity contribution in [1.82, 2.24) is 0 Å². The molecule has 1 N–H and O–H groups in total. The Morgan fingerprint density at radius 2 is 1.79 bits per heavy atom. The fraction of sp³-hybridized carbons (Fsp3) is 0.294. The summed E-state index contributed by atoms with van der Waals surface area (Å²) in [6.07, 6.45) is 2.20. The van der Waals surface area contributed by atoms with Crippen LogP contribution < -0.4 is 5.32 Å². The van der Waals surface area contributed by atoms with Crippen LogP contribution in [0.4, 0.5) is 5.69 Å². The van der Waals surface area contributed by atoms with Crippen molar-refractivity contribution in [3.63, 3.8) is 0 Å². The summed E-state index contributed by atoms with van der Waals surface area (Å²) in [4.78, 5) is 0. The van der Waals surface area contributed by atoms with Crippen molar-refractivity contribution in [2.45, 2.75) is 32.7 Å². The lowest BCUT2D eigenvalue weighted by Gasteiger charge is -2.17. The van der Waals surface area contributed by atoms with Gasteiger partial charge < -0.3 is 5.32 Å². The molecule has 2 aromatic carbocycles. The van der Waals surface area contributed by atoms with E-state index < -0.39 is 0 Å². The van der Waals surface area contributed by atoms with Crippen LogP contribution in [0.3, 0.4) is 0 Å². The minimum atomic E-state index is 0.428. The van der Waals surface area contributed by atoms with Gasteiger partial charge in [0, 0.05) is 16.8 Å². The fourth-order valence-corrected chi connectivity index (χ4v) is 2.30. The Kier molecular flexibility index (Phi) is 4.86. The van der Waals surface area contributed by atoms with Crippen molar-refractivity contribution in [2.24, 2.45) is 0 Å². The summed E-state index contributed by atoms with van der Waals surface area (Å²) in [7, 11) is 0. The molecule has 0 aliphatic heterocycles. The van der Waals surface area contributed by atoms with Crippen LogP contribution in [0, 0.1) is 6.92 Å². The van der Waals surface area contributed by atoms with E-state index in [0.29, 0.717) is 6.04 Å². The smallest absolute Gasteiger partial charge is 0.0455 e. The standard InChI is InChI=1S/C17H20ClN/c1-13(11-12-15-7-4-3-5-8-15)19-17-10-6-9-16(18)14(17)2/h3-10,13,19H,11-12H2,1-2H3. The summed E-state index contributed by atoms with van der Waals surface area (Å²) in [5.41, 5.74) is 3.64. The molecule has 0 aromatic heterocycles. The second-order valence-electron chi connectivity index (χ2n) is 4.98. The van der Waals surface area contributed by atoms with E-state index in [-0.39, 0.29) is 0 Å². The number of anilines is 1. The molecule has 0 saturated heterocycles. The Labute approximate surface area is 120 Å². The van der Waals surface area contributed by atoms with E-state index in [1.54, 1.807) is 0 Å². The van der Waals surface area contributed by atoms with Crippen LogP contribution in [0.25, 0.3) is 0 Å². The third kappa shape index (κ3) is 4.00. The van der Waals surface area contributed by atoms with E-state index in [2.05, 4.69) is 55.6 Å². The predicted octanol–water partition coefficient (Wildman–Crippen LogP) is 5.08. The van der Waals surface area contributed by atoms with Crippen LogP contribution in [-0.4, -0.2) is 6.04 Å². The Hall–Kier alpha value is -1.47. The molecule has 1 atom stereocenters. The minimum absolute atomic E-state index is 0.428. The lowest BCUT2D eigenvalue weighted by atomic mass is 10.1. The third-order valence-electron chi connectivity index (χ3n) is 3.38. The number of halogens is 1. The van der Waals surface area contributed by atoms with Gasteiger partial charge in [0.05, 0.1) is 0 Å². The largest absolute Gasteiger partial charge is 0.382 e. The molecule has 100 valence electrons. The molecule has 0 aliphatic carbocycles. The summed E-state index contributed by atoms with van der Waals surface area (Å²) < 4.78 is 0. The van der Waals surface area contributed by atoms with Crippen LogP contribution in [0.15, 0.2) is 48.5 Å². The van der Waals surface area contributed by atoms with Gasteiger partial charge in [0.25, 0.3) is 0 Å². The molecular weight excluding hydrogens is 254 g/mol. The quantitative estimate of drug-likeness (QED) is 0.801. The molecule has 2 heteroatoms. The molecule has 0 aliphatic rings. The zero-order valence-corrected chi connectivity index (χ0v) is 12.2. The normalized spacial score (nSPS) is 12.2. The Bertz CT molecular complexity index is 522. The number of hydrogen-bond donors (Lipinski definition) is 1. The van der Waals surface area contributed by atoms with E-state index in [0.717, 1.165) is 29.1 Å². The van der Waals surface area contributed by atoms with E-state index in [9.17, 15) is 0 Å². The monoisotopic (exact) mass is 273 g/mol. The van der Waals surface area contributed by atoms with Gasteiger partial charge in [0.1, 0.15) is 0 Å². The molecule has 2 rings (SSSR count). The number of rotatable bonds is 5. The molecule has 1 unspecified atom stereocenters. The third-order valence-corrected chi connectivity index (χ3v) is 3.79. The van der Waals surface area contributed by atoms with Gasteiger partial charge in [-0.3, -0.25) is 0 Å². The second kappa shape index (κ2) is 6.63. The van der Waals surface area contributed by atoms with Crippen molar-refractivity contribution >= 4 is 17.3 Å². The highest BCUT2D eigenvalue weighted by Crippen LogP contribution is 2.24. The molecule has 0 bridgehead atoms. The molecule has 0 fully saturated rings. The van der Waals surface area contributed by atoms with Crippen LogP contribution in [-0.2, 0) is 6.42 Å². The highest BCUT2D eigenvalue weighted by atomic mass is 35.5. The van der Waals surface area contributed by atoms with Crippen molar-refractivity contribution in [1.29, 1.82) is 0 Å². The summed E-state index contributed by atoms with van der Waals surface area (Å²) in [5, 5.41) is 4.36. The van der Waals surface area contributed by atoms with Crippen LogP contribution in [0.2, 0.25) is 5.02 Å². The second-order valence-corrected chi connectivity index (χ2v) is 5.39. The average Bonchev–Trinajstić information content (AvgIpc) is 2.43. The Morgan fingerprint density at radius 1 is 1.05 bits per heavy atom. The van der Waals surface area contributed by atoms with Gasteiger partial charge in [-0.25, -0.2) is 0 Å². The first kappa shape index (κ1) is 14.0. The molecule has 19 heavy (non-hydrogen) atoms. The number of nitrogens with one attached hydrogen (secondary N) is 1. The summed E-state index contributed by atoms with van der Waals surface area (Å²) >= 11 is 6.13. The predicted molar refractivity (Wildman–Crippen MR) is 84.0 cm³/mol. The van der Waals surface area contributed by atoms with Crippen LogP contribution >= 0.6 is 11.6 Å². The van der Waals surface area contributed by atoms with Crippen LogP contribution in [0.5, 0.6) is 0 Å². The highest BCUT2D eigenvalue weighted by Gasteiger charge is 2.06. The fourth-order valence-electron chi connectivity index (χ4n) is 2.13. The highest BCUT2D eigenvalue weighted by molar-refractivity contribution is 6.31. The van der Waals surface area contributed by atoms with Crippen molar-refractivity contribution in [3.05, 3.63) is 64.7 Å². The first-order chi connectivity index (χ1) is 9.16. The number of aryl methyl sites for hydroxylation is 1. The molecule has 1 nitrogen and oxygen atoms in total. The molecule has 0 saturated carbocycles. The van der Waals surface area contributed by atoms with Crippen molar-refractivity contribution in [2.75, 3.05) is 5.32 Å². The van der Waals surface area contributed by atoms with Gasteiger partial charge in [0.15, 0.2) is 0 Å². The molecule has 0 radical (unpaired) electrons. The molecular formula is C17H20ClN. The van der Waals surface area contributed by atoms with E-state index >= 15 is 0 Å². The summed E-state index contributed by atoms with van der Waals surface area (Å²) in [6, 6.07) is 17.0. The van der Waals surface area contributed by atoms with Gasteiger partial charge in [0.2, 0.25) is 0 Å². The number of benzene rings is 2. The molecule has 2 aromatic rings. The van der Waals surface area contributed by atoms with E-state index in [1.165, 1.54) is 5.56 Å². The number of hydrogen-bond acceptors (Lipinski definition) is 1. The summed E-state index contributed by atoms with van der Waals surface area (Å²) in [6.45, 7) is 4.26. The van der Waals surface area contributed by atoms with Crippen LogP contribution in [0.1, 0.15) is 24.5 Å².